The Hall–Kier alpha value is -1.62. The van der Waals surface area contributed by atoms with Crippen molar-refractivity contribution in [3.8, 4) is 0 Å². The smallest absolute Gasteiger partial charge is 0.222 e. The van der Waals surface area contributed by atoms with Crippen molar-refractivity contribution in [1.29, 1.82) is 0 Å². The standard InChI is InChI=1S/C14H19N3OS/c1-11(18)15-14(19)16-12-5-7-13(8-6-12)17-9-3-2-4-10-17/h5-8H,2-4,9-10H2,1H3,(H2,15,16,18,19). The number of thiocarbonyl (C=S) groups is 1. The summed E-state index contributed by atoms with van der Waals surface area (Å²) in [5.41, 5.74) is 2.13. The van der Waals surface area contributed by atoms with Crippen molar-refractivity contribution in [1.82, 2.24) is 5.32 Å². The first-order valence-corrected chi connectivity index (χ1v) is 6.99. The van der Waals surface area contributed by atoms with E-state index >= 15 is 0 Å². The Bertz CT molecular complexity index is 452. The Morgan fingerprint density at radius 2 is 1.79 bits per heavy atom. The summed E-state index contributed by atoms with van der Waals surface area (Å²) in [5, 5.41) is 5.86. The van der Waals surface area contributed by atoms with E-state index < -0.39 is 0 Å². The lowest BCUT2D eigenvalue weighted by molar-refractivity contribution is -0.117. The predicted molar refractivity (Wildman–Crippen MR) is 82.5 cm³/mol. The minimum absolute atomic E-state index is 0.164. The molecule has 0 radical (unpaired) electrons. The van der Waals surface area contributed by atoms with Crippen LogP contribution < -0.4 is 15.5 Å². The number of amides is 1. The lowest BCUT2D eigenvalue weighted by Gasteiger charge is -2.28. The molecule has 19 heavy (non-hydrogen) atoms. The van der Waals surface area contributed by atoms with Gasteiger partial charge in [-0.2, -0.15) is 0 Å². The molecule has 0 saturated carbocycles. The van der Waals surface area contributed by atoms with Crippen LogP contribution in [0.2, 0.25) is 0 Å². The highest BCUT2D eigenvalue weighted by Gasteiger charge is 2.10. The van der Waals surface area contributed by atoms with Gasteiger partial charge in [0.1, 0.15) is 0 Å². The first kappa shape index (κ1) is 13.8. The molecule has 1 aliphatic heterocycles. The van der Waals surface area contributed by atoms with Crippen LogP contribution in [0.3, 0.4) is 0 Å². The zero-order valence-electron chi connectivity index (χ0n) is 11.1. The molecule has 0 atom stereocenters. The maximum atomic E-state index is 10.9. The van der Waals surface area contributed by atoms with Crippen molar-refractivity contribution in [3.63, 3.8) is 0 Å². The van der Waals surface area contributed by atoms with Gasteiger partial charge in [-0.15, -0.1) is 0 Å². The molecule has 4 nitrogen and oxygen atoms in total. The van der Waals surface area contributed by atoms with Gasteiger partial charge >= 0.3 is 0 Å². The molecule has 1 amide bonds. The monoisotopic (exact) mass is 277 g/mol. The van der Waals surface area contributed by atoms with Gasteiger partial charge in [-0.3, -0.25) is 4.79 Å². The van der Waals surface area contributed by atoms with Crippen molar-refractivity contribution < 1.29 is 4.79 Å². The molecular weight excluding hydrogens is 258 g/mol. The lowest BCUT2D eigenvalue weighted by atomic mass is 10.1. The van der Waals surface area contributed by atoms with Crippen LogP contribution in [-0.4, -0.2) is 24.1 Å². The molecular formula is C14H19N3OS. The van der Waals surface area contributed by atoms with Crippen molar-refractivity contribution in [3.05, 3.63) is 24.3 Å². The molecule has 0 unspecified atom stereocenters. The number of benzene rings is 1. The van der Waals surface area contributed by atoms with Gasteiger partial charge in [-0.05, 0) is 55.7 Å². The van der Waals surface area contributed by atoms with E-state index in [0.29, 0.717) is 5.11 Å². The van der Waals surface area contributed by atoms with E-state index in [1.165, 1.54) is 31.9 Å². The Kier molecular flexibility index (Phi) is 4.74. The minimum atomic E-state index is -0.164. The summed E-state index contributed by atoms with van der Waals surface area (Å²) in [7, 11) is 0. The zero-order chi connectivity index (χ0) is 13.7. The summed E-state index contributed by atoms with van der Waals surface area (Å²) in [6.07, 6.45) is 3.88. The first-order chi connectivity index (χ1) is 9.15. The molecule has 1 aromatic rings. The third-order valence-electron chi connectivity index (χ3n) is 3.14. The molecule has 102 valence electrons. The largest absolute Gasteiger partial charge is 0.372 e. The van der Waals surface area contributed by atoms with Crippen LogP contribution in [0.4, 0.5) is 11.4 Å². The predicted octanol–water partition coefficient (Wildman–Crippen LogP) is 2.51. The lowest BCUT2D eigenvalue weighted by Crippen LogP contribution is -2.32. The molecule has 1 fully saturated rings. The summed E-state index contributed by atoms with van der Waals surface area (Å²) in [4.78, 5) is 13.3. The molecule has 0 aliphatic carbocycles. The third kappa shape index (κ3) is 4.21. The molecule has 1 aliphatic rings. The van der Waals surface area contributed by atoms with Crippen LogP contribution in [-0.2, 0) is 4.79 Å². The number of piperidine rings is 1. The second kappa shape index (κ2) is 6.52. The van der Waals surface area contributed by atoms with E-state index in [1.807, 2.05) is 12.1 Å². The summed E-state index contributed by atoms with van der Waals surface area (Å²) >= 11 is 5.02. The number of hydrogen-bond acceptors (Lipinski definition) is 3. The Morgan fingerprint density at radius 1 is 1.16 bits per heavy atom. The third-order valence-corrected chi connectivity index (χ3v) is 3.34. The number of nitrogens with zero attached hydrogens (tertiary/aromatic N) is 1. The van der Waals surface area contributed by atoms with Crippen LogP contribution in [0.1, 0.15) is 26.2 Å². The summed E-state index contributed by atoms with van der Waals surface area (Å²) in [6.45, 7) is 3.71. The average molecular weight is 277 g/mol. The topological polar surface area (TPSA) is 44.4 Å². The molecule has 1 saturated heterocycles. The van der Waals surface area contributed by atoms with Crippen LogP contribution in [0.15, 0.2) is 24.3 Å². The SMILES string of the molecule is CC(=O)NC(=S)Nc1ccc(N2CCCCC2)cc1. The maximum absolute atomic E-state index is 10.9. The van der Waals surface area contributed by atoms with Gasteiger partial charge in [-0.25, -0.2) is 0 Å². The highest BCUT2D eigenvalue weighted by atomic mass is 32.1. The summed E-state index contributed by atoms with van der Waals surface area (Å²) in [6, 6.07) is 8.14. The van der Waals surface area contributed by atoms with E-state index in [-0.39, 0.29) is 5.91 Å². The van der Waals surface area contributed by atoms with Crippen LogP contribution in [0.5, 0.6) is 0 Å². The first-order valence-electron chi connectivity index (χ1n) is 6.59. The van der Waals surface area contributed by atoms with Crippen LogP contribution in [0.25, 0.3) is 0 Å². The fraction of sp³-hybridized carbons (Fsp3) is 0.429. The molecule has 0 aromatic heterocycles. The summed E-state index contributed by atoms with van der Waals surface area (Å²) in [5.74, 6) is -0.164. The second-order valence-corrected chi connectivity index (χ2v) is 5.14. The number of carbonyl (C=O) groups excluding carboxylic acids is 1. The normalized spacial score (nSPS) is 14.9. The van der Waals surface area contributed by atoms with E-state index in [2.05, 4.69) is 27.7 Å². The minimum Gasteiger partial charge on any atom is -0.372 e. The Labute approximate surface area is 119 Å². The van der Waals surface area contributed by atoms with E-state index in [4.69, 9.17) is 12.2 Å². The van der Waals surface area contributed by atoms with Crippen molar-refractivity contribution >= 4 is 34.6 Å². The van der Waals surface area contributed by atoms with Gasteiger partial charge in [0.2, 0.25) is 5.91 Å². The molecule has 2 rings (SSSR count). The molecule has 0 bridgehead atoms. The number of carbonyl (C=O) groups is 1. The Morgan fingerprint density at radius 3 is 2.37 bits per heavy atom. The molecule has 1 heterocycles. The maximum Gasteiger partial charge on any atom is 0.222 e. The average Bonchev–Trinajstić information content (AvgIpc) is 2.39. The fourth-order valence-electron chi connectivity index (χ4n) is 2.23. The number of rotatable bonds is 2. The van der Waals surface area contributed by atoms with Gasteiger partial charge in [0.15, 0.2) is 5.11 Å². The van der Waals surface area contributed by atoms with Gasteiger partial charge < -0.3 is 15.5 Å². The van der Waals surface area contributed by atoms with Crippen LogP contribution >= 0.6 is 12.2 Å². The zero-order valence-corrected chi connectivity index (χ0v) is 11.9. The van der Waals surface area contributed by atoms with Crippen molar-refractivity contribution in [2.45, 2.75) is 26.2 Å². The molecule has 0 spiro atoms. The van der Waals surface area contributed by atoms with Gasteiger partial charge in [0.05, 0.1) is 0 Å². The number of nitrogens with one attached hydrogen (secondary N) is 2. The second-order valence-electron chi connectivity index (χ2n) is 4.73. The summed E-state index contributed by atoms with van der Waals surface area (Å²) < 4.78 is 0. The van der Waals surface area contributed by atoms with Gasteiger partial charge in [0.25, 0.3) is 0 Å². The Balaban J connectivity index is 1.94. The molecule has 2 N–H and O–H groups in total. The number of anilines is 2. The molecule has 5 heteroatoms. The highest BCUT2D eigenvalue weighted by molar-refractivity contribution is 7.80. The van der Waals surface area contributed by atoms with E-state index in [1.54, 1.807) is 0 Å². The van der Waals surface area contributed by atoms with Gasteiger partial charge in [-0.1, -0.05) is 0 Å². The number of hydrogen-bond donors (Lipinski definition) is 2. The highest BCUT2D eigenvalue weighted by Crippen LogP contribution is 2.21. The van der Waals surface area contributed by atoms with Crippen molar-refractivity contribution in [2.75, 3.05) is 23.3 Å². The molecule has 1 aromatic carbocycles. The van der Waals surface area contributed by atoms with E-state index in [0.717, 1.165) is 18.8 Å². The van der Waals surface area contributed by atoms with Gasteiger partial charge in [0, 0.05) is 31.4 Å². The van der Waals surface area contributed by atoms with E-state index in [9.17, 15) is 4.79 Å². The van der Waals surface area contributed by atoms with Crippen LogP contribution in [0, 0.1) is 0 Å². The quantitative estimate of drug-likeness (QED) is 0.815. The van der Waals surface area contributed by atoms with Crippen molar-refractivity contribution in [2.24, 2.45) is 0 Å². The fourth-order valence-corrected chi connectivity index (χ4v) is 2.49.